The van der Waals surface area contributed by atoms with E-state index in [1.54, 1.807) is 0 Å². The maximum absolute atomic E-state index is 5.05. The Hall–Kier alpha value is 0.740. The van der Waals surface area contributed by atoms with Gasteiger partial charge < -0.3 is 4.52 Å². The first kappa shape index (κ1) is 4.89. The zero-order chi connectivity index (χ0) is 4.41. The van der Waals surface area contributed by atoms with Crippen LogP contribution in [-0.2, 0) is 4.52 Å². The Kier molecular flexibility index (Phi) is 1.75. The molecule has 2 unspecified atom stereocenters. The third kappa shape index (κ3) is 1.11. The lowest BCUT2D eigenvalue weighted by Crippen LogP contribution is -1.92. The lowest BCUT2D eigenvalue weighted by atomic mass is 10.5. The van der Waals surface area contributed by atoms with E-state index < -0.39 is 0 Å². The van der Waals surface area contributed by atoms with E-state index in [2.05, 4.69) is 6.92 Å². The second-order valence-corrected chi connectivity index (χ2v) is 4.03. The molecule has 0 bridgehead atoms. The molecule has 1 fully saturated rings. The van der Waals surface area contributed by atoms with Crippen LogP contribution in [0.4, 0.5) is 0 Å². The van der Waals surface area contributed by atoms with Crippen LogP contribution < -0.4 is 0 Å². The Morgan fingerprint density at radius 3 is 3.00 bits per heavy atom. The summed E-state index contributed by atoms with van der Waals surface area (Å²) in [6, 6.07) is 0. The average molecular weight is 122 g/mol. The van der Waals surface area contributed by atoms with Crippen LogP contribution in [0.15, 0.2) is 0 Å². The highest BCUT2D eigenvalue weighted by Crippen LogP contribution is 2.41. The van der Waals surface area contributed by atoms with Crippen LogP contribution in [0.3, 0.4) is 0 Å². The van der Waals surface area contributed by atoms with E-state index in [4.69, 9.17) is 4.52 Å². The van der Waals surface area contributed by atoms with E-state index >= 15 is 0 Å². The summed E-state index contributed by atoms with van der Waals surface area (Å²) in [4.78, 5) is 0. The van der Waals surface area contributed by atoms with Crippen LogP contribution in [0.5, 0.6) is 0 Å². The van der Waals surface area contributed by atoms with Crippen molar-refractivity contribution in [1.29, 1.82) is 0 Å². The molecule has 0 aromatic carbocycles. The molecule has 0 saturated carbocycles. The number of hydrogen-bond acceptors (Lipinski definition) is 2. The molecule has 1 rings (SSSR count). The van der Waals surface area contributed by atoms with Crippen molar-refractivity contribution in [3.05, 3.63) is 0 Å². The van der Waals surface area contributed by atoms with Crippen molar-refractivity contribution < 1.29 is 4.52 Å². The summed E-state index contributed by atoms with van der Waals surface area (Å²) in [6.07, 6.45) is 0. The maximum Gasteiger partial charge on any atom is 0.0748 e. The molecule has 0 N–H and O–H groups in total. The number of rotatable bonds is 0. The van der Waals surface area contributed by atoms with E-state index in [-0.39, 0.29) is 0 Å². The van der Waals surface area contributed by atoms with Gasteiger partial charge in [-0.3, -0.25) is 0 Å². The summed E-state index contributed by atoms with van der Waals surface area (Å²) < 4.78 is 5.05. The lowest BCUT2D eigenvalue weighted by molar-refractivity contribution is 0.385. The van der Waals surface area contributed by atoms with Gasteiger partial charge in [-0.1, -0.05) is 6.92 Å². The summed E-state index contributed by atoms with van der Waals surface area (Å²) in [7, 11) is 0.706. The van der Waals surface area contributed by atoms with Gasteiger partial charge in [-0.2, -0.15) is 0 Å². The first-order chi connectivity index (χ1) is 2.89. The predicted molar refractivity (Wildman–Crippen MR) is 31.3 cm³/mol. The second-order valence-electron chi connectivity index (χ2n) is 1.32. The zero-order valence-electron chi connectivity index (χ0n) is 3.60. The molecule has 0 aromatic heterocycles. The quantitative estimate of drug-likeness (QED) is 0.452. The normalized spacial score (nSPS) is 38.5. The summed E-state index contributed by atoms with van der Waals surface area (Å²) in [5, 5.41) is 0.753. The van der Waals surface area contributed by atoms with Gasteiger partial charge in [-0.15, -0.1) is 11.4 Å². The van der Waals surface area contributed by atoms with Gasteiger partial charge in [0, 0.05) is 5.25 Å². The summed E-state index contributed by atoms with van der Waals surface area (Å²) in [6.45, 7) is 3.15. The Labute approximate surface area is 43.5 Å². The predicted octanol–water partition coefficient (Wildman–Crippen LogP) is 1.65. The summed E-state index contributed by atoms with van der Waals surface area (Å²) >= 11 is 1.90. The Morgan fingerprint density at radius 1 is 2.00 bits per heavy atom. The fraction of sp³-hybridized carbons (Fsp3) is 1.00. The molecule has 36 valence electrons. The highest BCUT2D eigenvalue weighted by molar-refractivity contribution is 8.48. The van der Waals surface area contributed by atoms with Gasteiger partial charge in [0.05, 0.1) is 14.6 Å². The SMILES string of the molecule is CC1COPS1. The van der Waals surface area contributed by atoms with E-state index in [1.165, 1.54) is 0 Å². The molecule has 1 aliphatic rings. The molecular weight excluding hydrogens is 115 g/mol. The number of hydrogen-bond donors (Lipinski definition) is 0. The highest BCUT2D eigenvalue weighted by Gasteiger charge is 2.08. The van der Waals surface area contributed by atoms with E-state index in [0.29, 0.717) is 8.01 Å². The van der Waals surface area contributed by atoms with Gasteiger partial charge in [-0.05, 0) is 0 Å². The Bertz CT molecular complexity index is 44.1. The van der Waals surface area contributed by atoms with Gasteiger partial charge >= 0.3 is 0 Å². The molecule has 3 heteroatoms. The molecule has 0 aromatic rings. The Morgan fingerprint density at radius 2 is 2.83 bits per heavy atom. The molecule has 2 atom stereocenters. The minimum atomic E-state index is 0.706. The molecule has 1 saturated heterocycles. The molecule has 6 heavy (non-hydrogen) atoms. The first-order valence-corrected chi connectivity index (χ1v) is 4.43. The molecule has 1 aliphatic heterocycles. The van der Waals surface area contributed by atoms with Crippen molar-refractivity contribution in [2.45, 2.75) is 12.2 Å². The standard InChI is InChI=1S/C3H7OPS/c1-3-2-4-5-6-3/h3,5H,2H2,1H3. The van der Waals surface area contributed by atoms with Gasteiger partial charge in [0.1, 0.15) is 0 Å². The van der Waals surface area contributed by atoms with Crippen molar-refractivity contribution in [3.63, 3.8) is 0 Å². The monoisotopic (exact) mass is 122 g/mol. The van der Waals surface area contributed by atoms with E-state index in [1.807, 2.05) is 11.4 Å². The van der Waals surface area contributed by atoms with Crippen LogP contribution in [0.1, 0.15) is 6.92 Å². The van der Waals surface area contributed by atoms with Crippen LogP contribution in [0.2, 0.25) is 0 Å². The van der Waals surface area contributed by atoms with E-state index in [9.17, 15) is 0 Å². The van der Waals surface area contributed by atoms with Crippen molar-refractivity contribution in [1.82, 2.24) is 0 Å². The fourth-order valence-corrected chi connectivity index (χ4v) is 2.21. The van der Waals surface area contributed by atoms with Crippen molar-refractivity contribution in [2.75, 3.05) is 6.61 Å². The lowest BCUT2D eigenvalue weighted by Gasteiger charge is -1.87. The zero-order valence-corrected chi connectivity index (χ0v) is 5.42. The minimum Gasteiger partial charge on any atom is -0.350 e. The van der Waals surface area contributed by atoms with Crippen LogP contribution in [0, 0.1) is 0 Å². The van der Waals surface area contributed by atoms with Crippen molar-refractivity contribution >= 4 is 19.4 Å². The fourth-order valence-electron chi connectivity index (χ4n) is 0.302. The molecule has 0 spiro atoms. The second kappa shape index (κ2) is 2.15. The highest BCUT2D eigenvalue weighted by atomic mass is 32.7. The van der Waals surface area contributed by atoms with Gasteiger partial charge in [-0.25, -0.2) is 0 Å². The van der Waals surface area contributed by atoms with Gasteiger partial charge in [0.2, 0.25) is 0 Å². The molecule has 0 amide bonds. The Balaban J connectivity index is 2.18. The minimum absolute atomic E-state index is 0.706. The summed E-state index contributed by atoms with van der Waals surface area (Å²) in [5.41, 5.74) is 0. The van der Waals surface area contributed by atoms with Crippen LogP contribution in [-0.4, -0.2) is 11.9 Å². The molecular formula is C3H7OPS. The van der Waals surface area contributed by atoms with Crippen LogP contribution in [0.25, 0.3) is 0 Å². The average Bonchev–Trinajstić information content (AvgIpc) is 1.86. The topological polar surface area (TPSA) is 9.23 Å². The van der Waals surface area contributed by atoms with Crippen molar-refractivity contribution in [2.24, 2.45) is 0 Å². The molecule has 1 nitrogen and oxygen atoms in total. The molecule has 0 aliphatic carbocycles. The van der Waals surface area contributed by atoms with Gasteiger partial charge in [0.25, 0.3) is 0 Å². The van der Waals surface area contributed by atoms with Crippen LogP contribution >= 0.6 is 19.4 Å². The maximum atomic E-state index is 5.05. The third-order valence-corrected chi connectivity index (χ3v) is 3.39. The summed E-state index contributed by atoms with van der Waals surface area (Å²) in [5.74, 6) is 0. The van der Waals surface area contributed by atoms with Gasteiger partial charge in [0.15, 0.2) is 0 Å². The smallest absolute Gasteiger partial charge is 0.0748 e. The van der Waals surface area contributed by atoms with Crippen molar-refractivity contribution in [3.8, 4) is 0 Å². The largest absolute Gasteiger partial charge is 0.350 e. The third-order valence-electron chi connectivity index (χ3n) is 0.626. The first-order valence-electron chi connectivity index (χ1n) is 1.92. The van der Waals surface area contributed by atoms with E-state index in [0.717, 1.165) is 11.9 Å². The molecule has 1 heterocycles. The molecule has 0 radical (unpaired) electrons.